The Bertz CT molecular complexity index is 647. The molecule has 10 atom stereocenters. The highest BCUT2D eigenvalue weighted by Gasteiger charge is 2.59. The lowest BCUT2D eigenvalue weighted by atomic mass is 9.47. The van der Waals surface area contributed by atoms with E-state index in [0.717, 1.165) is 50.0 Å². The van der Waals surface area contributed by atoms with Gasteiger partial charge in [0.1, 0.15) is 0 Å². The summed E-state index contributed by atoms with van der Waals surface area (Å²) in [7, 11) is 0. The van der Waals surface area contributed by atoms with Gasteiger partial charge in [0.2, 0.25) is 0 Å². The van der Waals surface area contributed by atoms with E-state index in [1.165, 1.54) is 38.5 Å². The van der Waals surface area contributed by atoms with Crippen LogP contribution in [0.25, 0.3) is 0 Å². The van der Waals surface area contributed by atoms with Crippen LogP contribution < -0.4 is 5.73 Å². The van der Waals surface area contributed by atoms with Crippen molar-refractivity contribution < 1.29 is 10.2 Å². The number of fused-ring (bicyclic) bond motifs is 5. The molecule has 0 aromatic carbocycles. The van der Waals surface area contributed by atoms with E-state index < -0.39 is 0 Å². The van der Waals surface area contributed by atoms with E-state index in [9.17, 15) is 10.2 Å². The van der Waals surface area contributed by atoms with E-state index >= 15 is 0 Å². The van der Waals surface area contributed by atoms with Gasteiger partial charge in [0.05, 0.1) is 12.2 Å². The van der Waals surface area contributed by atoms with E-state index in [4.69, 9.17) is 5.73 Å². The lowest BCUT2D eigenvalue weighted by Gasteiger charge is -2.58. The van der Waals surface area contributed by atoms with Gasteiger partial charge >= 0.3 is 0 Å². The summed E-state index contributed by atoms with van der Waals surface area (Å²) >= 11 is 0. The van der Waals surface area contributed by atoms with Crippen molar-refractivity contribution in [1.82, 2.24) is 0 Å². The zero-order valence-corrected chi connectivity index (χ0v) is 19.9. The Morgan fingerprint density at radius 2 is 1.83 bits per heavy atom. The average molecular weight is 418 g/mol. The van der Waals surface area contributed by atoms with Crippen LogP contribution in [0.1, 0.15) is 91.9 Å². The fourth-order valence-corrected chi connectivity index (χ4v) is 8.65. The monoisotopic (exact) mass is 417 g/mol. The first-order valence-electron chi connectivity index (χ1n) is 13.0. The molecule has 2 unspecified atom stereocenters. The molecule has 0 heterocycles. The van der Waals surface area contributed by atoms with Gasteiger partial charge < -0.3 is 15.9 Å². The molecule has 4 aliphatic rings. The smallest absolute Gasteiger partial charge is 0.0577 e. The number of rotatable bonds is 6. The molecule has 3 heteroatoms. The first-order valence-corrected chi connectivity index (χ1v) is 13.0. The molecule has 0 saturated heterocycles. The quantitative estimate of drug-likeness (QED) is 0.514. The van der Waals surface area contributed by atoms with Gasteiger partial charge in [-0.05, 0) is 117 Å². The minimum Gasteiger partial charge on any atom is -0.393 e. The number of aliphatic hydroxyl groups is 2. The van der Waals surface area contributed by atoms with Crippen LogP contribution in [0.4, 0.5) is 0 Å². The molecule has 0 bridgehead atoms. The van der Waals surface area contributed by atoms with Gasteiger partial charge in [0.25, 0.3) is 0 Å². The predicted molar refractivity (Wildman–Crippen MR) is 124 cm³/mol. The largest absolute Gasteiger partial charge is 0.393 e. The number of allylic oxidation sites excluding steroid dienone is 1. The van der Waals surface area contributed by atoms with Crippen LogP contribution in [-0.4, -0.2) is 29.0 Å². The molecule has 0 aliphatic heterocycles. The first-order chi connectivity index (χ1) is 14.2. The topological polar surface area (TPSA) is 66.5 Å². The van der Waals surface area contributed by atoms with Crippen LogP contribution in [0.2, 0.25) is 0 Å². The minimum atomic E-state index is -0.187. The molecule has 3 saturated carbocycles. The summed E-state index contributed by atoms with van der Waals surface area (Å²) in [6.45, 7) is 10.3. The van der Waals surface area contributed by atoms with Crippen LogP contribution in [0.15, 0.2) is 11.6 Å². The van der Waals surface area contributed by atoms with Crippen LogP contribution in [-0.2, 0) is 0 Å². The Morgan fingerprint density at radius 3 is 2.57 bits per heavy atom. The Hall–Kier alpha value is -0.380. The van der Waals surface area contributed by atoms with Crippen LogP contribution >= 0.6 is 0 Å². The van der Waals surface area contributed by atoms with Gasteiger partial charge in [-0.15, -0.1) is 0 Å². The SMILES string of the molecule is CC(CN)CCC(O)[C@@H](C)[C@H]1CC[C@H]2[C@@H]3CC=C4C[C@@H](O)CC[C@]4(C)[C@H]3CC[C@]12C. The minimum absolute atomic E-state index is 0.116. The lowest BCUT2D eigenvalue weighted by Crippen LogP contribution is -2.51. The molecule has 0 amide bonds. The van der Waals surface area contributed by atoms with E-state index in [1.807, 2.05) is 0 Å². The maximum Gasteiger partial charge on any atom is 0.0577 e. The fraction of sp³-hybridized carbons (Fsp3) is 0.926. The van der Waals surface area contributed by atoms with Gasteiger partial charge in [-0.3, -0.25) is 0 Å². The van der Waals surface area contributed by atoms with Gasteiger partial charge in [0, 0.05) is 0 Å². The standard InChI is InChI=1S/C27H47NO2/c1-17(16-28)5-10-25(30)18(2)22-8-9-23-21-7-6-19-15-20(29)11-13-26(19,3)24(21)12-14-27(22,23)4/h6,17-18,20-25,29-30H,5,7-16,28H2,1-4H3/t17?,18-,20-,21-,22+,23-,24-,25?,26-,27+/m0/s1. The molecule has 172 valence electrons. The third-order valence-electron chi connectivity index (χ3n) is 10.8. The summed E-state index contributed by atoms with van der Waals surface area (Å²) in [4.78, 5) is 0. The number of nitrogens with two attached hydrogens (primary N) is 1. The van der Waals surface area contributed by atoms with Crippen molar-refractivity contribution in [3.63, 3.8) is 0 Å². The Morgan fingerprint density at radius 1 is 1.07 bits per heavy atom. The molecular weight excluding hydrogens is 370 g/mol. The Labute approximate surface area is 184 Å². The van der Waals surface area contributed by atoms with Crippen LogP contribution in [0.3, 0.4) is 0 Å². The molecular formula is C27H47NO2. The van der Waals surface area contributed by atoms with Crippen molar-refractivity contribution in [3.05, 3.63) is 11.6 Å². The number of hydrogen-bond donors (Lipinski definition) is 3. The Balaban J connectivity index is 1.49. The van der Waals surface area contributed by atoms with Crippen LogP contribution in [0.5, 0.6) is 0 Å². The van der Waals surface area contributed by atoms with Crippen molar-refractivity contribution in [3.8, 4) is 0 Å². The second kappa shape index (κ2) is 8.52. The zero-order valence-electron chi connectivity index (χ0n) is 19.9. The third-order valence-corrected chi connectivity index (χ3v) is 10.8. The molecule has 4 N–H and O–H groups in total. The van der Waals surface area contributed by atoms with E-state index in [1.54, 1.807) is 5.57 Å². The second-order valence-corrected chi connectivity index (χ2v) is 12.2. The summed E-state index contributed by atoms with van der Waals surface area (Å²) < 4.78 is 0. The van der Waals surface area contributed by atoms with E-state index in [2.05, 4.69) is 33.8 Å². The molecule has 3 nitrogen and oxygen atoms in total. The van der Waals surface area contributed by atoms with Crippen molar-refractivity contribution in [2.45, 2.75) is 104 Å². The van der Waals surface area contributed by atoms with Gasteiger partial charge in [-0.2, -0.15) is 0 Å². The third kappa shape index (κ3) is 3.71. The highest BCUT2D eigenvalue weighted by Crippen LogP contribution is 2.67. The average Bonchev–Trinajstić information content (AvgIpc) is 3.08. The van der Waals surface area contributed by atoms with Crippen molar-refractivity contribution >= 4 is 0 Å². The van der Waals surface area contributed by atoms with Crippen LogP contribution in [0, 0.1) is 46.3 Å². The number of hydrogen-bond acceptors (Lipinski definition) is 3. The molecule has 0 aromatic heterocycles. The normalized spacial score (nSPS) is 46.2. The fourth-order valence-electron chi connectivity index (χ4n) is 8.65. The highest BCUT2D eigenvalue weighted by molar-refractivity contribution is 5.25. The summed E-state index contributed by atoms with van der Waals surface area (Å²) in [6.07, 6.45) is 13.8. The van der Waals surface area contributed by atoms with Gasteiger partial charge in [-0.25, -0.2) is 0 Å². The molecule has 0 aromatic rings. The summed E-state index contributed by atoms with van der Waals surface area (Å²) in [5, 5.41) is 21.2. The highest BCUT2D eigenvalue weighted by atomic mass is 16.3. The molecule has 4 aliphatic carbocycles. The summed E-state index contributed by atoms with van der Waals surface area (Å²) in [6, 6.07) is 0. The van der Waals surface area contributed by atoms with Gasteiger partial charge in [0.15, 0.2) is 0 Å². The lowest BCUT2D eigenvalue weighted by molar-refractivity contribution is -0.0681. The summed E-state index contributed by atoms with van der Waals surface area (Å²) in [5.41, 5.74) is 8.07. The summed E-state index contributed by atoms with van der Waals surface area (Å²) in [5.74, 6) is 3.95. The van der Waals surface area contributed by atoms with Crippen molar-refractivity contribution in [1.29, 1.82) is 0 Å². The molecule has 3 fully saturated rings. The maximum atomic E-state index is 11.0. The van der Waals surface area contributed by atoms with Crippen molar-refractivity contribution in [2.75, 3.05) is 6.54 Å². The number of aliphatic hydroxyl groups excluding tert-OH is 2. The van der Waals surface area contributed by atoms with E-state index in [-0.39, 0.29) is 12.2 Å². The van der Waals surface area contributed by atoms with Gasteiger partial charge in [-0.1, -0.05) is 39.3 Å². The zero-order chi connectivity index (χ0) is 21.7. The molecule has 30 heavy (non-hydrogen) atoms. The first kappa shape index (κ1) is 22.8. The van der Waals surface area contributed by atoms with E-state index in [0.29, 0.717) is 28.6 Å². The molecule has 0 radical (unpaired) electrons. The van der Waals surface area contributed by atoms with Crippen molar-refractivity contribution in [2.24, 2.45) is 52.1 Å². The Kier molecular flexibility index (Phi) is 6.48. The maximum absolute atomic E-state index is 11.0. The molecule has 4 rings (SSSR count). The second-order valence-electron chi connectivity index (χ2n) is 12.2. The molecule has 0 spiro atoms. The predicted octanol–water partition coefficient (Wildman–Crippen LogP) is 5.30.